The first-order valence-electron chi connectivity index (χ1n) is 6.13. The Morgan fingerprint density at radius 1 is 1.29 bits per heavy atom. The lowest BCUT2D eigenvalue weighted by molar-refractivity contribution is 0.0601. The van der Waals surface area contributed by atoms with Gasteiger partial charge in [-0.2, -0.15) is 0 Å². The van der Waals surface area contributed by atoms with Crippen LogP contribution in [-0.4, -0.2) is 18.1 Å². The van der Waals surface area contributed by atoms with E-state index in [0.29, 0.717) is 5.56 Å². The van der Waals surface area contributed by atoms with E-state index in [4.69, 9.17) is 10.5 Å². The predicted octanol–water partition coefficient (Wildman–Crippen LogP) is 3.94. The Morgan fingerprint density at radius 2 is 2.10 bits per heavy atom. The number of rotatable bonds is 2. The van der Waals surface area contributed by atoms with Gasteiger partial charge < -0.3 is 10.5 Å². The van der Waals surface area contributed by atoms with Crippen molar-refractivity contribution in [2.24, 2.45) is 0 Å². The van der Waals surface area contributed by atoms with E-state index in [1.807, 2.05) is 30.3 Å². The molecule has 4 nitrogen and oxygen atoms in total. The van der Waals surface area contributed by atoms with Crippen LogP contribution in [0.4, 0.5) is 5.69 Å². The van der Waals surface area contributed by atoms with E-state index in [9.17, 15) is 4.79 Å². The van der Waals surface area contributed by atoms with Crippen molar-refractivity contribution in [3.63, 3.8) is 0 Å². The molecule has 106 valence electrons. The largest absolute Gasteiger partial charge is 0.465 e. The fraction of sp³-hybridized carbons (Fsp3) is 0.0667. The Bertz CT molecular complexity index is 845. The van der Waals surface area contributed by atoms with Crippen LogP contribution in [-0.2, 0) is 4.74 Å². The number of benzene rings is 2. The van der Waals surface area contributed by atoms with Crippen LogP contribution >= 0.6 is 33.9 Å². The van der Waals surface area contributed by atoms with Gasteiger partial charge in [0.1, 0.15) is 5.01 Å². The summed E-state index contributed by atoms with van der Waals surface area (Å²) in [7, 11) is 1.38. The summed E-state index contributed by atoms with van der Waals surface area (Å²) in [5.74, 6) is -0.339. The number of anilines is 1. The quantitative estimate of drug-likeness (QED) is 0.395. The zero-order valence-corrected chi connectivity index (χ0v) is 14.1. The van der Waals surface area contributed by atoms with Crippen LogP contribution in [0, 0.1) is 3.57 Å². The van der Waals surface area contributed by atoms with E-state index in [2.05, 4.69) is 27.6 Å². The molecule has 1 heterocycles. The molecule has 2 aromatic carbocycles. The van der Waals surface area contributed by atoms with Gasteiger partial charge in [-0.25, -0.2) is 9.78 Å². The summed E-state index contributed by atoms with van der Waals surface area (Å²) in [6, 6.07) is 11.2. The van der Waals surface area contributed by atoms with E-state index >= 15 is 0 Å². The molecule has 21 heavy (non-hydrogen) atoms. The first-order chi connectivity index (χ1) is 10.1. The van der Waals surface area contributed by atoms with Gasteiger partial charge in [0.25, 0.3) is 0 Å². The standard InChI is InChI=1S/C15H11IN2O2S/c1-20-15(19)9-3-5-12-13(7-9)21-14(18-12)8-2-4-11(17)10(16)6-8/h2-7H,17H2,1H3. The van der Waals surface area contributed by atoms with Crippen LogP contribution in [0.2, 0.25) is 0 Å². The molecule has 0 aliphatic rings. The molecule has 0 unspecified atom stereocenters. The van der Waals surface area contributed by atoms with E-state index in [1.54, 1.807) is 17.4 Å². The molecule has 3 rings (SSSR count). The molecule has 0 saturated heterocycles. The Hall–Kier alpha value is -1.67. The maximum Gasteiger partial charge on any atom is 0.337 e. The van der Waals surface area contributed by atoms with Gasteiger partial charge in [0, 0.05) is 14.8 Å². The highest BCUT2D eigenvalue weighted by Crippen LogP contribution is 2.32. The minimum atomic E-state index is -0.339. The molecule has 0 atom stereocenters. The molecule has 0 spiro atoms. The van der Waals surface area contributed by atoms with Crippen LogP contribution in [0.3, 0.4) is 0 Å². The van der Waals surface area contributed by atoms with Crippen molar-refractivity contribution in [1.29, 1.82) is 0 Å². The van der Waals surface area contributed by atoms with Crippen LogP contribution < -0.4 is 5.73 Å². The van der Waals surface area contributed by atoms with Gasteiger partial charge in [-0.15, -0.1) is 11.3 Å². The van der Waals surface area contributed by atoms with E-state index in [0.717, 1.165) is 30.0 Å². The number of nitrogen functional groups attached to an aromatic ring is 1. The fourth-order valence-corrected chi connectivity index (χ4v) is 3.47. The summed E-state index contributed by atoms with van der Waals surface area (Å²) in [6.07, 6.45) is 0. The third kappa shape index (κ3) is 2.73. The SMILES string of the molecule is COC(=O)c1ccc2nc(-c3ccc(N)c(I)c3)sc2c1. The average molecular weight is 410 g/mol. The molecule has 0 fully saturated rings. The molecule has 0 bridgehead atoms. The first-order valence-corrected chi connectivity index (χ1v) is 8.02. The zero-order chi connectivity index (χ0) is 15.0. The highest BCUT2D eigenvalue weighted by atomic mass is 127. The van der Waals surface area contributed by atoms with Gasteiger partial charge >= 0.3 is 5.97 Å². The highest BCUT2D eigenvalue weighted by molar-refractivity contribution is 14.1. The maximum atomic E-state index is 11.6. The van der Waals surface area contributed by atoms with Gasteiger partial charge in [-0.05, 0) is 59.0 Å². The van der Waals surface area contributed by atoms with Crippen LogP contribution in [0.15, 0.2) is 36.4 Å². The number of ether oxygens (including phenoxy) is 1. The van der Waals surface area contributed by atoms with E-state index in [1.165, 1.54) is 7.11 Å². The second-order valence-electron chi connectivity index (χ2n) is 4.43. The van der Waals surface area contributed by atoms with Crippen LogP contribution in [0.1, 0.15) is 10.4 Å². The van der Waals surface area contributed by atoms with Crippen molar-refractivity contribution in [3.8, 4) is 10.6 Å². The van der Waals surface area contributed by atoms with Crippen molar-refractivity contribution in [2.45, 2.75) is 0 Å². The second-order valence-corrected chi connectivity index (χ2v) is 6.62. The molecule has 2 N–H and O–H groups in total. The number of fused-ring (bicyclic) bond motifs is 1. The minimum Gasteiger partial charge on any atom is -0.465 e. The Morgan fingerprint density at radius 3 is 2.81 bits per heavy atom. The van der Waals surface area contributed by atoms with Gasteiger partial charge in [0.05, 0.1) is 22.9 Å². The molecule has 6 heteroatoms. The molecule has 3 aromatic rings. The van der Waals surface area contributed by atoms with Crippen molar-refractivity contribution in [3.05, 3.63) is 45.5 Å². The fourth-order valence-electron chi connectivity index (χ4n) is 1.95. The predicted molar refractivity (Wildman–Crippen MR) is 93.5 cm³/mol. The highest BCUT2D eigenvalue weighted by Gasteiger charge is 2.11. The van der Waals surface area contributed by atoms with Gasteiger partial charge in [-0.3, -0.25) is 0 Å². The lowest BCUT2D eigenvalue weighted by Gasteiger charge is -2.00. The molecule has 0 saturated carbocycles. The van der Waals surface area contributed by atoms with Crippen molar-refractivity contribution >= 4 is 55.8 Å². The number of nitrogens with two attached hydrogens (primary N) is 1. The van der Waals surface area contributed by atoms with Crippen LogP contribution in [0.5, 0.6) is 0 Å². The summed E-state index contributed by atoms with van der Waals surface area (Å²) < 4.78 is 6.69. The average Bonchev–Trinajstić information content (AvgIpc) is 2.92. The summed E-state index contributed by atoms with van der Waals surface area (Å²) in [5, 5.41) is 0.907. The number of hydrogen-bond donors (Lipinski definition) is 1. The lowest BCUT2D eigenvalue weighted by atomic mass is 10.2. The van der Waals surface area contributed by atoms with Crippen LogP contribution in [0.25, 0.3) is 20.8 Å². The van der Waals surface area contributed by atoms with Gasteiger partial charge in [0.2, 0.25) is 0 Å². The Labute approximate surface area is 139 Å². The topological polar surface area (TPSA) is 65.2 Å². The number of halogens is 1. The van der Waals surface area contributed by atoms with Crippen molar-refractivity contribution in [1.82, 2.24) is 4.98 Å². The van der Waals surface area contributed by atoms with E-state index in [-0.39, 0.29) is 5.97 Å². The molecule has 0 aliphatic carbocycles. The summed E-state index contributed by atoms with van der Waals surface area (Å²) >= 11 is 3.75. The van der Waals surface area contributed by atoms with Crippen molar-refractivity contribution < 1.29 is 9.53 Å². The number of esters is 1. The smallest absolute Gasteiger partial charge is 0.337 e. The van der Waals surface area contributed by atoms with E-state index < -0.39 is 0 Å². The normalized spacial score (nSPS) is 10.8. The lowest BCUT2D eigenvalue weighted by Crippen LogP contribution is -1.99. The van der Waals surface area contributed by atoms with Crippen molar-refractivity contribution in [2.75, 3.05) is 12.8 Å². The first kappa shape index (κ1) is 14.3. The number of methoxy groups -OCH3 is 1. The second kappa shape index (κ2) is 5.61. The Kier molecular flexibility index (Phi) is 3.81. The monoisotopic (exact) mass is 410 g/mol. The molecule has 0 aliphatic heterocycles. The minimum absolute atomic E-state index is 0.339. The number of carbonyl (C=O) groups excluding carboxylic acids is 1. The molecule has 0 radical (unpaired) electrons. The summed E-state index contributed by atoms with van der Waals surface area (Å²) in [4.78, 5) is 16.2. The third-order valence-electron chi connectivity index (χ3n) is 3.06. The number of nitrogens with zero attached hydrogens (tertiary/aromatic N) is 1. The molecule has 0 amide bonds. The summed E-state index contributed by atoms with van der Waals surface area (Å²) in [5.41, 5.74) is 9.02. The molecule has 1 aromatic heterocycles. The number of carbonyl (C=O) groups is 1. The molecular formula is C15H11IN2O2S. The maximum absolute atomic E-state index is 11.6. The number of thiazole rings is 1. The van der Waals surface area contributed by atoms with Gasteiger partial charge in [0.15, 0.2) is 0 Å². The molecular weight excluding hydrogens is 399 g/mol. The third-order valence-corrected chi connectivity index (χ3v) is 5.06. The summed E-state index contributed by atoms with van der Waals surface area (Å²) in [6.45, 7) is 0. The number of aromatic nitrogens is 1. The Balaban J connectivity index is 2.08. The number of hydrogen-bond acceptors (Lipinski definition) is 5. The van der Waals surface area contributed by atoms with Gasteiger partial charge in [-0.1, -0.05) is 0 Å². The zero-order valence-electron chi connectivity index (χ0n) is 11.1.